The van der Waals surface area contributed by atoms with Crippen LogP contribution in [0.3, 0.4) is 0 Å². The van der Waals surface area contributed by atoms with Gasteiger partial charge in [-0.25, -0.2) is 0 Å². The Morgan fingerprint density at radius 1 is 1.17 bits per heavy atom. The number of aliphatic hydroxyl groups is 3. The molecule has 0 aromatic rings. The number of rotatable bonds is 11. The van der Waals surface area contributed by atoms with Crippen molar-refractivity contribution < 1.29 is 29.6 Å². The first kappa shape index (κ1) is 17.3. The maximum atomic E-state index is 11.4. The Labute approximate surface area is 108 Å². The first-order valence-corrected chi connectivity index (χ1v) is 6.31. The van der Waals surface area contributed by atoms with Crippen LogP contribution in [0.2, 0.25) is 0 Å². The molecule has 2 atom stereocenters. The second-order valence-corrected chi connectivity index (χ2v) is 4.13. The summed E-state index contributed by atoms with van der Waals surface area (Å²) in [5.74, 6) is -0.353. The number of esters is 1. The molecule has 0 spiro atoms. The molecule has 0 aliphatic carbocycles. The summed E-state index contributed by atoms with van der Waals surface area (Å²) >= 11 is 0. The molecule has 108 valence electrons. The Morgan fingerprint density at radius 2 is 1.89 bits per heavy atom. The summed E-state index contributed by atoms with van der Waals surface area (Å²) < 4.78 is 10.0. The SMILES string of the molecule is CCCCCC(=O)OC(CO)COCC(O)CO. The van der Waals surface area contributed by atoms with E-state index in [9.17, 15) is 4.79 Å². The lowest BCUT2D eigenvalue weighted by Crippen LogP contribution is -2.29. The lowest BCUT2D eigenvalue weighted by Gasteiger charge is -2.16. The largest absolute Gasteiger partial charge is 0.457 e. The molecule has 0 aromatic carbocycles. The minimum atomic E-state index is -0.954. The molecule has 3 N–H and O–H groups in total. The van der Waals surface area contributed by atoms with Crippen molar-refractivity contribution in [2.45, 2.75) is 44.8 Å². The van der Waals surface area contributed by atoms with Crippen LogP contribution in [0.5, 0.6) is 0 Å². The molecule has 0 aliphatic heterocycles. The lowest BCUT2D eigenvalue weighted by molar-refractivity contribution is -0.155. The fraction of sp³-hybridized carbons (Fsp3) is 0.917. The normalized spacial score (nSPS) is 14.2. The van der Waals surface area contributed by atoms with Crippen molar-refractivity contribution in [1.29, 1.82) is 0 Å². The molecule has 2 unspecified atom stereocenters. The van der Waals surface area contributed by atoms with Crippen molar-refractivity contribution in [3.05, 3.63) is 0 Å². The van der Waals surface area contributed by atoms with Gasteiger partial charge < -0.3 is 24.8 Å². The average molecular weight is 264 g/mol. The third-order valence-electron chi connectivity index (χ3n) is 2.31. The van der Waals surface area contributed by atoms with Gasteiger partial charge in [0.1, 0.15) is 12.2 Å². The van der Waals surface area contributed by atoms with E-state index < -0.39 is 12.2 Å². The second-order valence-electron chi connectivity index (χ2n) is 4.13. The minimum absolute atomic E-state index is 0.00702. The number of unbranched alkanes of at least 4 members (excludes halogenated alkanes) is 2. The third-order valence-corrected chi connectivity index (χ3v) is 2.31. The highest BCUT2D eigenvalue weighted by molar-refractivity contribution is 5.69. The number of carbonyl (C=O) groups is 1. The first-order chi connectivity index (χ1) is 8.63. The summed E-state index contributed by atoms with van der Waals surface area (Å²) in [6.45, 7) is 1.28. The molecule has 0 aliphatic rings. The van der Waals surface area contributed by atoms with E-state index in [2.05, 4.69) is 0 Å². The summed E-state index contributed by atoms with van der Waals surface area (Å²) in [5.41, 5.74) is 0. The third kappa shape index (κ3) is 9.35. The molecule has 6 heteroatoms. The Hall–Kier alpha value is -0.690. The molecule has 18 heavy (non-hydrogen) atoms. The van der Waals surface area contributed by atoms with Gasteiger partial charge in [-0.1, -0.05) is 19.8 Å². The van der Waals surface area contributed by atoms with Gasteiger partial charge in [-0.15, -0.1) is 0 Å². The Morgan fingerprint density at radius 3 is 2.44 bits per heavy atom. The van der Waals surface area contributed by atoms with E-state index in [0.717, 1.165) is 19.3 Å². The fourth-order valence-electron chi connectivity index (χ4n) is 1.28. The summed E-state index contributed by atoms with van der Waals surface area (Å²) in [6.07, 6.45) is 1.44. The van der Waals surface area contributed by atoms with Crippen LogP contribution in [0, 0.1) is 0 Å². The number of ether oxygens (including phenoxy) is 2. The van der Waals surface area contributed by atoms with Gasteiger partial charge in [0.25, 0.3) is 0 Å². The highest BCUT2D eigenvalue weighted by atomic mass is 16.6. The molecular formula is C12H24O6. The van der Waals surface area contributed by atoms with E-state index in [1.54, 1.807) is 0 Å². The number of aliphatic hydroxyl groups excluding tert-OH is 3. The van der Waals surface area contributed by atoms with Crippen LogP contribution in [0.25, 0.3) is 0 Å². The van der Waals surface area contributed by atoms with Crippen LogP contribution < -0.4 is 0 Å². The maximum Gasteiger partial charge on any atom is 0.306 e. The average Bonchev–Trinajstić information content (AvgIpc) is 2.37. The lowest BCUT2D eigenvalue weighted by atomic mass is 10.2. The number of carbonyl (C=O) groups excluding carboxylic acids is 1. The molecule has 0 fully saturated rings. The predicted molar refractivity (Wildman–Crippen MR) is 65.0 cm³/mol. The van der Waals surface area contributed by atoms with Crippen molar-refractivity contribution in [3.8, 4) is 0 Å². The van der Waals surface area contributed by atoms with E-state index in [0.29, 0.717) is 6.42 Å². The van der Waals surface area contributed by atoms with Crippen LogP contribution in [0.15, 0.2) is 0 Å². The molecule has 0 radical (unpaired) electrons. The zero-order valence-electron chi connectivity index (χ0n) is 10.9. The van der Waals surface area contributed by atoms with Gasteiger partial charge in [-0.3, -0.25) is 4.79 Å². The van der Waals surface area contributed by atoms with Crippen molar-refractivity contribution in [2.75, 3.05) is 26.4 Å². The minimum Gasteiger partial charge on any atom is -0.457 e. The Bertz CT molecular complexity index is 209. The summed E-state index contributed by atoms with van der Waals surface area (Å²) in [5, 5.41) is 26.6. The van der Waals surface area contributed by atoms with E-state index in [1.807, 2.05) is 6.92 Å². The smallest absolute Gasteiger partial charge is 0.306 e. The predicted octanol–water partition coefficient (Wildman–Crippen LogP) is -0.159. The zero-order valence-corrected chi connectivity index (χ0v) is 10.9. The van der Waals surface area contributed by atoms with Crippen LogP contribution >= 0.6 is 0 Å². The van der Waals surface area contributed by atoms with Gasteiger partial charge >= 0.3 is 5.97 Å². The van der Waals surface area contributed by atoms with Crippen molar-refractivity contribution in [2.24, 2.45) is 0 Å². The molecule has 0 saturated heterocycles. The topological polar surface area (TPSA) is 96.2 Å². The van der Waals surface area contributed by atoms with Gasteiger partial charge in [0, 0.05) is 6.42 Å². The molecule has 0 aromatic heterocycles. The van der Waals surface area contributed by atoms with E-state index in [1.165, 1.54) is 0 Å². The molecule has 0 rings (SSSR count). The molecular weight excluding hydrogens is 240 g/mol. The molecule has 0 bridgehead atoms. The highest BCUT2D eigenvalue weighted by Crippen LogP contribution is 2.03. The second kappa shape index (κ2) is 11.4. The number of hydrogen-bond acceptors (Lipinski definition) is 6. The standard InChI is InChI=1S/C12H24O6/c1-2-3-4-5-12(16)18-11(7-14)9-17-8-10(15)6-13/h10-11,13-15H,2-9H2,1H3. The van der Waals surface area contributed by atoms with Crippen LogP contribution in [-0.2, 0) is 14.3 Å². The van der Waals surface area contributed by atoms with Crippen molar-refractivity contribution in [3.63, 3.8) is 0 Å². The molecule has 6 nitrogen and oxygen atoms in total. The molecule has 0 heterocycles. The van der Waals surface area contributed by atoms with Crippen LogP contribution in [0.1, 0.15) is 32.6 Å². The Balaban J connectivity index is 3.71. The zero-order chi connectivity index (χ0) is 13.8. The Kier molecular flexibility index (Phi) is 11.0. The maximum absolute atomic E-state index is 11.4. The fourth-order valence-corrected chi connectivity index (χ4v) is 1.28. The first-order valence-electron chi connectivity index (χ1n) is 6.31. The van der Waals surface area contributed by atoms with Crippen molar-refractivity contribution in [1.82, 2.24) is 0 Å². The summed E-state index contributed by atoms with van der Waals surface area (Å²) in [6, 6.07) is 0. The van der Waals surface area contributed by atoms with Gasteiger partial charge in [0.15, 0.2) is 0 Å². The van der Waals surface area contributed by atoms with E-state index >= 15 is 0 Å². The summed E-state index contributed by atoms with van der Waals surface area (Å²) in [4.78, 5) is 11.4. The highest BCUT2D eigenvalue weighted by Gasteiger charge is 2.14. The molecule has 0 amide bonds. The van der Waals surface area contributed by atoms with Crippen molar-refractivity contribution >= 4 is 5.97 Å². The summed E-state index contributed by atoms with van der Waals surface area (Å²) in [7, 11) is 0. The van der Waals surface area contributed by atoms with Gasteiger partial charge in [-0.2, -0.15) is 0 Å². The number of hydrogen-bond donors (Lipinski definition) is 3. The van der Waals surface area contributed by atoms with E-state index in [4.69, 9.17) is 24.8 Å². The van der Waals surface area contributed by atoms with E-state index in [-0.39, 0.29) is 32.4 Å². The van der Waals surface area contributed by atoms with Gasteiger partial charge in [0.2, 0.25) is 0 Å². The monoisotopic (exact) mass is 264 g/mol. The van der Waals surface area contributed by atoms with Crippen LogP contribution in [-0.4, -0.2) is 59.9 Å². The van der Waals surface area contributed by atoms with Gasteiger partial charge in [-0.05, 0) is 6.42 Å². The van der Waals surface area contributed by atoms with Crippen LogP contribution in [0.4, 0.5) is 0 Å². The van der Waals surface area contributed by atoms with Gasteiger partial charge in [0.05, 0.1) is 26.4 Å². The quantitative estimate of drug-likeness (QED) is 0.354. The molecule has 0 saturated carbocycles.